The molecule has 2 N–H and O–H groups in total. The maximum absolute atomic E-state index is 11.9. The monoisotopic (exact) mass is 323 g/mol. The van der Waals surface area contributed by atoms with Gasteiger partial charge in [0.1, 0.15) is 4.21 Å². The molecule has 20 heavy (non-hydrogen) atoms. The smallest absolute Gasteiger partial charge is 0.250 e. The summed E-state index contributed by atoms with van der Waals surface area (Å²) < 4.78 is 36.7. The summed E-state index contributed by atoms with van der Waals surface area (Å²) in [6.07, 6.45) is 1.50. The Morgan fingerprint density at radius 3 is 2.75 bits per heavy atom. The van der Waals surface area contributed by atoms with E-state index in [2.05, 4.69) is 4.72 Å². The molecule has 6 nitrogen and oxygen atoms in total. The molecule has 0 aliphatic heterocycles. The fourth-order valence-corrected chi connectivity index (χ4v) is 3.75. The molecule has 1 rings (SSSR count). The molecule has 116 valence electrons. The molecule has 0 saturated heterocycles. The van der Waals surface area contributed by atoms with Crippen molar-refractivity contribution in [2.24, 2.45) is 0 Å². The van der Waals surface area contributed by atoms with Crippen LogP contribution in [0.2, 0.25) is 0 Å². The van der Waals surface area contributed by atoms with Crippen LogP contribution in [0.1, 0.15) is 18.4 Å². The number of aliphatic hydroxyl groups is 1. The first-order chi connectivity index (χ1) is 9.60. The molecular weight excluding hydrogens is 302 g/mol. The van der Waals surface area contributed by atoms with Crippen LogP contribution in [-0.2, 0) is 26.1 Å². The van der Waals surface area contributed by atoms with Crippen molar-refractivity contribution < 1.29 is 23.0 Å². The van der Waals surface area contributed by atoms with E-state index >= 15 is 0 Å². The molecule has 1 aromatic heterocycles. The van der Waals surface area contributed by atoms with Gasteiger partial charge in [0.2, 0.25) is 10.0 Å². The molecule has 8 heteroatoms. The first-order valence-corrected chi connectivity index (χ1v) is 8.71. The number of ether oxygens (including phenoxy) is 2. The van der Waals surface area contributed by atoms with E-state index in [0.29, 0.717) is 38.3 Å². The first-order valence-electron chi connectivity index (χ1n) is 6.35. The molecule has 0 radical (unpaired) electrons. The van der Waals surface area contributed by atoms with Crippen molar-refractivity contribution in [3.8, 4) is 0 Å². The Labute approximate surface area is 123 Å². The highest BCUT2D eigenvalue weighted by molar-refractivity contribution is 7.91. The second-order valence-corrected chi connectivity index (χ2v) is 7.05. The largest absolute Gasteiger partial charge is 0.392 e. The topological polar surface area (TPSA) is 84.9 Å². The minimum Gasteiger partial charge on any atom is -0.392 e. The number of methoxy groups -OCH3 is 1. The Bertz CT molecular complexity index is 472. The van der Waals surface area contributed by atoms with E-state index in [1.54, 1.807) is 12.5 Å². The van der Waals surface area contributed by atoms with Gasteiger partial charge in [-0.05, 0) is 29.9 Å². The van der Waals surface area contributed by atoms with Crippen molar-refractivity contribution in [1.82, 2.24) is 4.72 Å². The van der Waals surface area contributed by atoms with Crippen LogP contribution in [0.25, 0.3) is 0 Å². The summed E-state index contributed by atoms with van der Waals surface area (Å²) in [5.41, 5.74) is 0.613. The summed E-state index contributed by atoms with van der Waals surface area (Å²) in [6, 6.07) is 1.49. The normalized spacial score (nSPS) is 11.9. The van der Waals surface area contributed by atoms with E-state index in [1.807, 2.05) is 0 Å². The van der Waals surface area contributed by atoms with Gasteiger partial charge in [-0.2, -0.15) is 0 Å². The van der Waals surface area contributed by atoms with Crippen LogP contribution >= 0.6 is 11.3 Å². The molecule has 0 saturated carbocycles. The third-order valence-corrected chi connectivity index (χ3v) is 5.47. The van der Waals surface area contributed by atoms with Gasteiger partial charge < -0.3 is 14.6 Å². The highest BCUT2D eigenvalue weighted by Crippen LogP contribution is 2.19. The molecule has 1 heterocycles. The molecule has 0 bridgehead atoms. The summed E-state index contributed by atoms with van der Waals surface area (Å²) in [4.78, 5) is 0. The number of hydrogen-bond donors (Lipinski definition) is 2. The van der Waals surface area contributed by atoms with Crippen molar-refractivity contribution in [3.63, 3.8) is 0 Å². The highest BCUT2D eigenvalue weighted by Gasteiger charge is 2.15. The van der Waals surface area contributed by atoms with Gasteiger partial charge in [0.15, 0.2) is 0 Å². The molecular formula is C12H21NO5S2. The van der Waals surface area contributed by atoms with Gasteiger partial charge >= 0.3 is 0 Å². The number of sulfonamides is 1. The number of aliphatic hydroxyl groups excluding tert-OH is 1. The average molecular weight is 323 g/mol. The van der Waals surface area contributed by atoms with Crippen molar-refractivity contribution in [2.45, 2.75) is 23.7 Å². The maximum Gasteiger partial charge on any atom is 0.250 e. The van der Waals surface area contributed by atoms with Crippen molar-refractivity contribution in [3.05, 3.63) is 17.0 Å². The number of thiophene rings is 1. The Morgan fingerprint density at radius 1 is 1.30 bits per heavy atom. The number of rotatable bonds is 11. The van der Waals surface area contributed by atoms with E-state index in [-0.39, 0.29) is 10.8 Å². The first kappa shape index (κ1) is 17.5. The molecule has 0 fully saturated rings. The fraction of sp³-hybridized carbons (Fsp3) is 0.667. The van der Waals surface area contributed by atoms with Crippen LogP contribution in [0, 0.1) is 0 Å². The predicted octanol–water partition coefficient (Wildman–Crippen LogP) is 0.962. The zero-order valence-corrected chi connectivity index (χ0v) is 13.1. The molecule has 0 amide bonds. The molecule has 1 aromatic rings. The average Bonchev–Trinajstić information content (AvgIpc) is 2.91. The molecule has 0 aromatic carbocycles. The Hall–Kier alpha value is -0.510. The summed E-state index contributed by atoms with van der Waals surface area (Å²) in [7, 11) is -1.84. The zero-order chi connectivity index (χ0) is 14.8. The minimum absolute atomic E-state index is 0.148. The lowest BCUT2D eigenvalue weighted by Gasteiger charge is -2.05. The van der Waals surface area contributed by atoms with Gasteiger partial charge in [0.05, 0.1) is 19.8 Å². The van der Waals surface area contributed by atoms with Crippen molar-refractivity contribution in [2.75, 3.05) is 33.5 Å². The highest BCUT2D eigenvalue weighted by atomic mass is 32.2. The van der Waals surface area contributed by atoms with Gasteiger partial charge in [-0.1, -0.05) is 0 Å². The van der Waals surface area contributed by atoms with E-state index in [4.69, 9.17) is 14.6 Å². The second-order valence-electron chi connectivity index (χ2n) is 4.14. The van der Waals surface area contributed by atoms with Crippen molar-refractivity contribution >= 4 is 21.4 Å². The second kappa shape index (κ2) is 9.43. The van der Waals surface area contributed by atoms with Gasteiger partial charge in [0, 0.05) is 20.3 Å². The summed E-state index contributed by atoms with van der Waals surface area (Å²) >= 11 is 1.11. The number of unbranched alkanes of at least 4 members (excludes halogenated alkanes) is 1. The Kier molecular flexibility index (Phi) is 8.27. The van der Waals surface area contributed by atoms with E-state index in [1.165, 1.54) is 6.07 Å². The molecule has 0 atom stereocenters. The molecule has 0 aliphatic carbocycles. The fourth-order valence-electron chi connectivity index (χ4n) is 1.43. The van der Waals surface area contributed by atoms with E-state index in [0.717, 1.165) is 17.8 Å². The predicted molar refractivity (Wildman–Crippen MR) is 77.4 cm³/mol. The number of hydrogen-bond acceptors (Lipinski definition) is 6. The summed E-state index contributed by atoms with van der Waals surface area (Å²) in [5.74, 6) is 0. The quantitative estimate of drug-likeness (QED) is 0.593. The Balaban J connectivity index is 2.20. The van der Waals surface area contributed by atoms with Crippen LogP contribution in [0.15, 0.2) is 15.7 Å². The van der Waals surface area contributed by atoms with Crippen LogP contribution in [0.5, 0.6) is 0 Å². The lowest BCUT2D eigenvalue weighted by molar-refractivity contribution is 0.0689. The minimum atomic E-state index is -3.45. The van der Waals surface area contributed by atoms with E-state index in [9.17, 15) is 8.42 Å². The van der Waals surface area contributed by atoms with Crippen molar-refractivity contribution in [1.29, 1.82) is 0 Å². The Morgan fingerprint density at radius 2 is 2.10 bits per heavy atom. The lowest BCUT2D eigenvalue weighted by Crippen LogP contribution is -2.24. The summed E-state index contributed by atoms with van der Waals surface area (Å²) in [5, 5.41) is 10.6. The number of nitrogens with one attached hydrogen (secondary N) is 1. The molecule has 0 aliphatic rings. The third-order valence-electron chi connectivity index (χ3n) is 2.52. The van der Waals surface area contributed by atoms with Crippen LogP contribution in [0.4, 0.5) is 0 Å². The maximum atomic E-state index is 11.9. The van der Waals surface area contributed by atoms with Crippen LogP contribution in [-0.4, -0.2) is 47.0 Å². The van der Waals surface area contributed by atoms with Crippen LogP contribution in [0.3, 0.4) is 0 Å². The van der Waals surface area contributed by atoms with Gasteiger partial charge in [-0.3, -0.25) is 0 Å². The van der Waals surface area contributed by atoms with Gasteiger partial charge in [-0.25, -0.2) is 13.1 Å². The van der Waals surface area contributed by atoms with Gasteiger partial charge in [-0.15, -0.1) is 11.3 Å². The summed E-state index contributed by atoms with van der Waals surface area (Å²) in [6.45, 7) is 1.95. The van der Waals surface area contributed by atoms with Crippen LogP contribution < -0.4 is 4.72 Å². The standard InChI is InChI=1S/C12H21NO5S2/c1-17-6-7-18-5-3-2-4-13-20(15,16)12-8-11(9-14)10-19-12/h8,10,13-14H,2-7,9H2,1H3. The third kappa shape index (κ3) is 6.29. The van der Waals surface area contributed by atoms with Gasteiger partial charge in [0.25, 0.3) is 0 Å². The molecule has 0 unspecified atom stereocenters. The van der Waals surface area contributed by atoms with E-state index < -0.39 is 10.0 Å². The zero-order valence-electron chi connectivity index (χ0n) is 11.5. The SMILES string of the molecule is COCCOCCCCNS(=O)(=O)c1cc(CO)cs1. The lowest BCUT2D eigenvalue weighted by atomic mass is 10.3. The molecule has 0 spiro atoms.